The van der Waals surface area contributed by atoms with Crippen LogP contribution in [0.4, 0.5) is 0 Å². The number of likely N-dealkylation sites (tertiary alicyclic amines) is 1. The number of aliphatic hydroxyl groups excluding tert-OH is 1. The van der Waals surface area contributed by atoms with Gasteiger partial charge in [-0.2, -0.15) is 0 Å². The molecule has 1 saturated heterocycles. The molecule has 3 atom stereocenters. The molecule has 0 spiro atoms. The van der Waals surface area contributed by atoms with Gasteiger partial charge in [0.1, 0.15) is 12.6 Å². The van der Waals surface area contributed by atoms with Crippen LogP contribution in [-0.4, -0.2) is 37.5 Å². The molecule has 2 rings (SSSR count). The van der Waals surface area contributed by atoms with Crippen molar-refractivity contribution in [2.45, 2.75) is 32.5 Å². The van der Waals surface area contributed by atoms with Gasteiger partial charge >= 0.3 is 0 Å². The molecular formula is C14H24NO2S+. The summed E-state index contributed by atoms with van der Waals surface area (Å²) in [6.07, 6.45) is 2.30. The second kappa shape index (κ2) is 7.24. The van der Waals surface area contributed by atoms with E-state index in [2.05, 4.69) is 13.0 Å². The summed E-state index contributed by atoms with van der Waals surface area (Å²) in [5, 5.41) is 12.0. The van der Waals surface area contributed by atoms with E-state index in [1.807, 2.05) is 11.4 Å². The summed E-state index contributed by atoms with van der Waals surface area (Å²) in [6.45, 7) is 6.61. The number of hydrogen-bond donors (Lipinski definition) is 2. The minimum Gasteiger partial charge on any atom is -0.385 e. The lowest BCUT2D eigenvalue weighted by molar-refractivity contribution is -0.911. The Bertz CT molecular complexity index is 329. The molecule has 0 saturated carbocycles. The van der Waals surface area contributed by atoms with Crippen molar-refractivity contribution in [3.05, 3.63) is 22.4 Å². The molecule has 18 heavy (non-hydrogen) atoms. The summed E-state index contributed by atoms with van der Waals surface area (Å²) >= 11 is 1.70. The maximum absolute atomic E-state index is 9.97. The number of ether oxygens (including phenoxy) is 1. The van der Waals surface area contributed by atoms with Crippen molar-refractivity contribution < 1.29 is 14.7 Å². The normalized spacial score (nSPS) is 26.1. The summed E-state index contributed by atoms with van der Waals surface area (Å²) in [5.41, 5.74) is 0. The van der Waals surface area contributed by atoms with E-state index < -0.39 is 0 Å². The SMILES string of the molecule is C[C@H]1CCC[NH+](C[C@H](O)COCc2cccs2)C1. The molecular weight excluding hydrogens is 246 g/mol. The van der Waals surface area contributed by atoms with E-state index in [0.717, 1.165) is 12.5 Å². The van der Waals surface area contributed by atoms with E-state index in [-0.39, 0.29) is 6.10 Å². The quantitative estimate of drug-likeness (QED) is 0.807. The number of rotatable bonds is 6. The zero-order valence-corrected chi connectivity index (χ0v) is 11.9. The number of aliphatic hydroxyl groups is 1. The topological polar surface area (TPSA) is 33.9 Å². The maximum atomic E-state index is 9.97. The van der Waals surface area contributed by atoms with Crippen LogP contribution in [0.2, 0.25) is 0 Å². The molecule has 0 bridgehead atoms. The highest BCUT2D eigenvalue weighted by Gasteiger charge is 2.22. The molecule has 1 aliphatic heterocycles. The number of hydrogen-bond acceptors (Lipinski definition) is 3. The molecule has 4 heteroatoms. The fourth-order valence-electron chi connectivity index (χ4n) is 2.67. The molecule has 1 unspecified atom stereocenters. The fraction of sp³-hybridized carbons (Fsp3) is 0.714. The van der Waals surface area contributed by atoms with Crippen molar-refractivity contribution in [3.63, 3.8) is 0 Å². The molecule has 102 valence electrons. The van der Waals surface area contributed by atoms with Gasteiger partial charge < -0.3 is 14.7 Å². The largest absolute Gasteiger partial charge is 0.385 e. The summed E-state index contributed by atoms with van der Waals surface area (Å²) in [7, 11) is 0. The number of thiophene rings is 1. The average Bonchev–Trinajstić information content (AvgIpc) is 2.82. The molecule has 0 aromatic carbocycles. The van der Waals surface area contributed by atoms with Crippen molar-refractivity contribution in [2.24, 2.45) is 5.92 Å². The molecule has 1 aliphatic rings. The van der Waals surface area contributed by atoms with Crippen LogP contribution in [0.15, 0.2) is 17.5 Å². The zero-order valence-electron chi connectivity index (χ0n) is 11.1. The van der Waals surface area contributed by atoms with Crippen molar-refractivity contribution in [2.75, 3.05) is 26.2 Å². The molecule has 0 amide bonds. The molecule has 1 fully saturated rings. The van der Waals surface area contributed by atoms with Gasteiger partial charge in [0.05, 0.1) is 26.3 Å². The highest BCUT2D eigenvalue weighted by Crippen LogP contribution is 2.09. The first kappa shape index (κ1) is 14.0. The number of quaternary nitrogens is 1. The lowest BCUT2D eigenvalue weighted by atomic mass is 10.0. The van der Waals surface area contributed by atoms with E-state index in [0.29, 0.717) is 13.2 Å². The molecule has 0 radical (unpaired) electrons. The Hall–Kier alpha value is -0.420. The van der Waals surface area contributed by atoms with E-state index >= 15 is 0 Å². The second-order valence-corrected chi connectivity index (χ2v) is 6.44. The highest BCUT2D eigenvalue weighted by atomic mass is 32.1. The van der Waals surface area contributed by atoms with Crippen LogP contribution in [-0.2, 0) is 11.3 Å². The lowest BCUT2D eigenvalue weighted by Crippen LogP contribution is -3.14. The highest BCUT2D eigenvalue weighted by molar-refractivity contribution is 7.09. The third-order valence-electron chi connectivity index (χ3n) is 3.52. The van der Waals surface area contributed by atoms with Crippen LogP contribution in [0.1, 0.15) is 24.6 Å². The second-order valence-electron chi connectivity index (χ2n) is 5.40. The van der Waals surface area contributed by atoms with E-state index in [1.54, 1.807) is 11.3 Å². The monoisotopic (exact) mass is 270 g/mol. The van der Waals surface area contributed by atoms with Crippen molar-refractivity contribution in [1.29, 1.82) is 0 Å². The summed E-state index contributed by atoms with van der Waals surface area (Å²) in [4.78, 5) is 2.75. The van der Waals surface area contributed by atoms with Gasteiger partial charge in [-0.15, -0.1) is 11.3 Å². The average molecular weight is 270 g/mol. The standard InChI is InChI=1S/C14H23NO2S/c1-12-4-2-6-15(8-12)9-13(16)10-17-11-14-5-3-7-18-14/h3,5,7,12-13,16H,2,4,6,8-11H2,1H3/p+1/t12-,13-/m0/s1. The predicted molar refractivity (Wildman–Crippen MR) is 73.9 cm³/mol. The fourth-order valence-corrected chi connectivity index (χ4v) is 3.31. The van der Waals surface area contributed by atoms with Crippen LogP contribution in [0.3, 0.4) is 0 Å². The minimum absolute atomic E-state index is 0.328. The van der Waals surface area contributed by atoms with Crippen LogP contribution >= 0.6 is 11.3 Å². The molecule has 2 N–H and O–H groups in total. The van der Waals surface area contributed by atoms with Crippen molar-refractivity contribution in [1.82, 2.24) is 0 Å². The van der Waals surface area contributed by atoms with Crippen LogP contribution in [0.5, 0.6) is 0 Å². The van der Waals surface area contributed by atoms with Crippen LogP contribution < -0.4 is 4.90 Å². The first-order valence-electron chi connectivity index (χ1n) is 6.86. The summed E-state index contributed by atoms with van der Waals surface area (Å²) < 4.78 is 5.56. The van der Waals surface area contributed by atoms with Crippen molar-refractivity contribution >= 4 is 11.3 Å². The Morgan fingerprint density at radius 1 is 1.61 bits per heavy atom. The predicted octanol–water partition coefficient (Wildman–Crippen LogP) is 0.940. The smallest absolute Gasteiger partial charge is 0.126 e. The van der Waals surface area contributed by atoms with Crippen LogP contribution in [0.25, 0.3) is 0 Å². The van der Waals surface area contributed by atoms with E-state index in [1.165, 1.54) is 35.7 Å². The molecule has 1 aromatic rings. The lowest BCUT2D eigenvalue weighted by Gasteiger charge is -2.29. The third kappa shape index (κ3) is 4.69. The van der Waals surface area contributed by atoms with Gasteiger partial charge in [-0.1, -0.05) is 13.0 Å². The van der Waals surface area contributed by atoms with Gasteiger partial charge in [-0.25, -0.2) is 0 Å². The van der Waals surface area contributed by atoms with Gasteiger partial charge in [0.15, 0.2) is 0 Å². The van der Waals surface area contributed by atoms with Crippen LogP contribution in [0, 0.1) is 5.92 Å². The molecule has 1 aromatic heterocycles. The number of piperidine rings is 1. The Balaban J connectivity index is 1.61. The van der Waals surface area contributed by atoms with Crippen molar-refractivity contribution in [3.8, 4) is 0 Å². The molecule has 2 heterocycles. The first-order valence-corrected chi connectivity index (χ1v) is 7.73. The minimum atomic E-state index is -0.328. The Morgan fingerprint density at radius 2 is 2.50 bits per heavy atom. The maximum Gasteiger partial charge on any atom is 0.126 e. The summed E-state index contributed by atoms with van der Waals surface area (Å²) in [5.74, 6) is 0.799. The Kier molecular flexibility index (Phi) is 5.63. The third-order valence-corrected chi connectivity index (χ3v) is 4.37. The zero-order chi connectivity index (χ0) is 12.8. The number of nitrogens with one attached hydrogen (secondary N) is 1. The Morgan fingerprint density at radius 3 is 3.22 bits per heavy atom. The molecule has 3 nitrogen and oxygen atoms in total. The van der Waals surface area contributed by atoms with Gasteiger partial charge in [-0.05, 0) is 24.3 Å². The Labute approximate surface area is 113 Å². The molecule has 0 aliphatic carbocycles. The van der Waals surface area contributed by atoms with Gasteiger partial charge in [-0.3, -0.25) is 0 Å². The van der Waals surface area contributed by atoms with E-state index in [9.17, 15) is 5.11 Å². The van der Waals surface area contributed by atoms with E-state index in [4.69, 9.17) is 4.74 Å². The van der Waals surface area contributed by atoms with Gasteiger partial charge in [0.2, 0.25) is 0 Å². The van der Waals surface area contributed by atoms with Gasteiger partial charge in [0, 0.05) is 10.8 Å². The van der Waals surface area contributed by atoms with Gasteiger partial charge in [0.25, 0.3) is 0 Å². The first-order chi connectivity index (χ1) is 8.74. The summed E-state index contributed by atoms with van der Waals surface area (Å²) in [6, 6.07) is 4.09.